The van der Waals surface area contributed by atoms with Gasteiger partial charge in [-0.15, -0.1) is 0 Å². The number of amides is 3. The zero-order valence-corrected chi connectivity index (χ0v) is 28.7. The fourth-order valence-corrected chi connectivity index (χ4v) is 7.87. The van der Waals surface area contributed by atoms with Crippen molar-refractivity contribution in [1.82, 2.24) is 29.1 Å². The molecular weight excluding hydrogens is 670 g/mol. The van der Waals surface area contributed by atoms with Crippen LogP contribution in [0.1, 0.15) is 45.9 Å². The molecule has 3 heterocycles. The lowest BCUT2D eigenvalue weighted by Crippen LogP contribution is -2.77. The number of halogens is 3. The summed E-state index contributed by atoms with van der Waals surface area (Å²) in [5.41, 5.74) is 7.58. The second-order valence-corrected chi connectivity index (χ2v) is 14.0. The van der Waals surface area contributed by atoms with Gasteiger partial charge in [0.2, 0.25) is 5.91 Å². The van der Waals surface area contributed by atoms with E-state index >= 15 is 8.78 Å². The van der Waals surface area contributed by atoms with E-state index in [9.17, 15) is 14.4 Å². The monoisotopic (exact) mass is 706 g/mol. The molecule has 2 bridgehead atoms. The van der Waals surface area contributed by atoms with Crippen molar-refractivity contribution in [2.75, 3.05) is 45.2 Å². The summed E-state index contributed by atoms with van der Waals surface area (Å²) in [6.07, 6.45) is 5.02. The van der Waals surface area contributed by atoms with Crippen molar-refractivity contribution in [3.63, 3.8) is 0 Å². The van der Waals surface area contributed by atoms with Crippen LogP contribution in [-0.4, -0.2) is 92.3 Å². The van der Waals surface area contributed by atoms with E-state index in [1.807, 2.05) is 4.90 Å². The molecule has 0 spiro atoms. The topological polar surface area (TPSA) is 141 Å². The number of nitrogens with zero attached hydrogens (tertiary/aromatic N) is 6. The fraction of sp³-hybridized carbons (Fsp3) is 0.400. The molecule has 8 rings (SSSR count). The Morgan fingerprint density at radius 3 is 2.30 bits per heavy atom. The molecule has 4 fully saturated rings. The first kappa shape index (κ1) is 33.8. The predicted octanol–water partition coefficient (Wildman–Crippen LogP) is 4.26. The number of aromatic nitrogens is 4. The van der Waals surface area contributed by atoms with Crippen LogP contribution in [0.5, 0.6) is 0 Å². The lowest BCUT2D eigenvalue weighted by Gasteiger charge is -2.68. The maximum Gasteiger partial charge on any atom is 0.291 e. The van der Waals surface area contributed by atoms with Crippen molar-refractivity contribution >= 4 is 35.0 Å². The first-order valence-electron chi connectivity index (χ1n) is 16.3. The van der Waals surface area contributed by atoms with Gasteiger partial charge in [0.05, 0.1) is 47.2 Å². The van der Waals surface area contributed by atoms with Crippen molar-refractivity contribution < 1.29 is 27.9 Å². The van der Waals surface area contributed by atoms with E-state index < -0.39 is 17.5 Å². The Morgan fingerprint density at radius 2 is 1.64 bits per heavy atom. The minimum Gasteiger partial charge on any atom is -0.383 e. The van der Waals surface area contributed by atoms with Gasteiger partial charge in [-0.2, -0.15) is 5.10 Å². The Bertz CT molecular complexity index is 2020. The van der Waals surface area contributed by atoms with Crippen molar-refractivity contribution in [3.8, 4) is 22.4 Å². The number of nitrogens with one attached hydrogen (secondary N) is 1. The molecule has 3 N–H and O–H groups in total. The maximum absolute atomic E-state index is 15.5. The van der Waals surface area contributed by atoms with Gasteiger partial charge in [-0.05, 0) is 50.5 Å². The van der Waals surface area contributed by atoms with Crippen LogP contribution in [0.3, 0.4) is 0 Å². The number of carbonyl (C=O) groups is 3. The van der Waals surface area contributed by atoms with E-state index in [2.05, 4.69) is 15.4 Å². The number of hydrogen-bond donors (Lipinski definition) is 2. The van der Waals surface area contributed by atoms with Crippen molar-refractivity contribution in [1.29, 1.82) is 0 Å². The van der Waals surface area contributed by atoms with E-state index in [0.29, 0.717) is 56.3 Å². The lowest BCUT2D eigenvalue weighted by molar-refractivity contribution is -0.185. The van der Waals surface area contributed by atoms with Crippen LogP contribution in [0, 0.1) is 24.0 Å². The first-order chi connectivity index (χ1) is 23.8. The summed E-state index contributed by atoms with van der Waals surface area (Å²) in [6.45, 7) is 4.33. The average molecular weight is 707 g/mol. The molecule has 2 aromatic carbocycles. The van der Waals surface area contributed by atoms with E-state index in [-0.39, 0.29) is 56.0 Å². The highest BCUT2D eigenvalue weighted by molar-refractivity contribution is 6.34. The minimum absolute atomic E-state index is 0.0525. The molecule has 4 aliphatic rings. The highest BCUT2D eigenvalue weighted by atomic mass is 35.5. The molecule has 12 nitrogen and oxygen atoms in total. The zero-order valence-electron chi connectivity index (χ0n) is 27.9. The summed E-state index contributed by atoms with van der Waals surface area (Å²) in [5.74, 6) is -2.92. The molecule has 50 heavy (non-hydrogen) atoms. The smallest absolute Gasteiger partial charge is 0.291 e. The molecule has 262 valence electrons. The number of imidazole rings is 1. The number of methoxy groups -OCH3 is 1. The predicted molar refractivity (Wildman–Crippen MR) is 181 cm³/mol. The second kappa shape index (κ2) is 12.6. The standard InChI is InChI=1S/C35H37ClF2N8O4/c1-20-25(15-41-46(20)12-13-50-3)22-6-7-24(29(38)28(22)37)27-16-40-30(43(27)2)31(47)42-21-4-5-23(26(36)14-21)32(48)44-8-10-45(11-9-44)33(49)34-17-35(39,18-34)19-34/h4-7,14-16H,8-13,17-19,39H2,1-3H3,(H,42,47). The summed E-state index contributed by atoms with van der Waals surface area (Å²) in [6, 6.07) is 7.47. The Morgan fingerprint density at radius 1 is 0.980 bits per heavy atom. The van der Waals surface area contributed by atoms with Gasteiger partial charge in [0.15, 0.2) is 17.5 Å². The average Bonchev–Trinajstić information content (AvgIpc) is 3.64. The normalized spacial score (nSPS) is 21.1. The van der Waals surface area contributed by atoms with Crippen LogP contribution in [0.25, 0.3) is 22.4 Å². The van der Waals surface area contributed by atoms with Gasteiger partial charge < -0.3 is 30.2 Å². The Kier molecular flexibility index (Phi) is 8.51. The highest BCUT2D eigenvalue weighted by Gasteiger charge is 2.70. The van der Waals surface area contributed by atoms with E-state index in [1.165, 1.54) is 48.3 Å². The van der Waals surface area contributed by atoms with Crippen molar-refractivity contribution in [3.05, 3.63) is 76.5 Å². The molecule has 15 heteroatoms. The quantitative estimate of drug-likeness (QED) is 0.265. The van der Waals surface area contributed by atoms with Crippen molar-refractivity contribution in [2.45, 2.75) is 38.3 Å². The van der Waals surface area contributed by atoms with E-state index in [1.54, 1.807) is 29.7 Å². The molecule has 2 aromatic heterocycles. The Hall–Kier alpha value is -4.66. The molecule has 1 saturated heterocycles. The molecule has 0 atom stereocenters. The molecule has 1 aliphatic heterocycles. The van der Waals surface area contributed by atoms with Crippen molar-refractivity contribution in [2.24, 2.45) is 18.2 Å². The number of nitrogens with two attached hydrogens (primary N) is 1. The molecule has 0 unspecified atom stereocenters. The van der Waals surface area contributed by atoms with Crippen LogP contribution in [0.4, 0.5) is 14.5 Å². The molecule has 3 aliphatic carbocycles. The van der Waals surface area contributed by atoms with Crippen LogP contribution >= 0.6 is 11.6 Å². The van der Waals surface area contributed by atoms with Crippen LogP contribution < -0.4 is 11.1 Å². The van der Waals surface area contributed by atoms with E-state index in [4.69, 9.17) is 22.1 Å². The van der Waals surface area contributed by atoms with Crippen LogP contribution in [-0.2, 0) is 23.1 Å². The van der Waals surface area contributed by atoms with Gasteiger partial charge in [0, 0.05) is 73.9 Å². The Balaban J connectivity index is 1.00. The minimum atomic E-state index is -1.08. The maximum atomic E-state index is 15.5. The summed E-state index contributed by atoms with van der Waals surface area (Å²) in [5, 5.41) is 7.11. The molecule has 3 amide bonds. The first-order valence-corrected chi connectivity index (χ1v) is 16.7. The number of benzene rings is 2. The Labute approximate surface area is 292 Å². The summed E-state index contributed by atoms with van der Waals surface area (Å²) < 4.78 is 39.0. The van der Waals surface area contributed by atoms with E-state index in [0.717, 1.165) is 19.3 Å². The third-order valence-corrected chi connectivity index (χ3v) is 10.6. The zero-order chi connectivity index (χ0) is 35.5. The van der Waals surface area contributed by atoms with Gasteiger partial charge in [-0.3, -0.25) is 19.1 Å². The van der Waals surface area contributed by atoms with Gasteiger partial charge in [0.25, 0.3) is 11.8 Å². The third-order valence-electron chi connectivity index (χ3n) is 10.3. The number of carbonyl (C=O) groups excluding carboxylic acids is 3. The van der Waals surface area contributed by atoms with Crippen LogP contribution in [0.15, 0.2) is 42.7 Å². The van der Waals surface area contributed by atoms with Gasteiger partial charge in [-0.1, -0.05) is 17.7 Å². The third kappa shape index (κ3) is 5.64. The largest absolute Gasteiger partial charge is 0.383 e. The van der Waals surface area contributed by atoms with Gasteiger partial charge in [-0.25, -0.2) is 13.8 Å². The van der Waals surface area contributed by atoms with Gasteiger partial charge >= 0.3 is 0 Å². The number of rotatable bonds is 9. The number of ether oxygens (including phenoxy) is 1. The fourth-order valence-electron chi connectivity index (χ4n) is 7.61. The highest BCUT2D eigenvalue weighted by Crippen LogP contribution is 2.66. The summed E-state index contributed by atoms with van der Waals surface area (Å²) in [7, 11) is 3.10. The number of anilines is 1. The molecule has 4 aromatic rings. The lowest BCUT2D eigenvalue weighted by atomic mass is 9.39. The van der Waals surface area contributed by atoms with Crippen LogP contribution in [0.2, 0.25) is 5.02 Å². The second-order valence-electron chi connectivity index (χ2n) is 13.6. The SMILES string of the molecule is COCCn1ncc(-c2ccc(-c3cnc(C(=O)Nc4ccc(C(=O)N5CCN(C(=O)C67CC(N)(C6)C7)CC5)c(Cl)c4)n3C)c(F)c2F)c1C. The van der Waals surface area contributed by atoms with Gasteiger partial charge in [0.1, 0.15) is 0 Å². The summed E-state index contributed by atoms with van der Waals surface area (Å²) >= 11 is 6.51. The molecular formula is C35H37ClF2N8O4. The number of piperazine rings is 1. The molecule has 3 saturated carbocycles. The molecule has 0 radical (unpaired) electrons. The number of hydrogen-bond acceptors (Lipinski definition) is 7. The summed E-state index contributed by atoms with van der Waals surface area (Å²) in [4.78, 5) is 47.2.